The third-order valence-electron chi connectivity index (χ3n) is 2.55. The molecule has 7 heteroatoms. The molecule has 0 atom stereocenters. The molecule has 0 aliphatic rings. The summed E-state index contributed by atoms with van der Waals surface area (Å²) in [5, 5.41) is 12.5. The molecule has 1 aromatic carbocycles. The first-order chi connectivity index (χ1) is 8.95. The molecule has 0 bridgehead atoms. The Bertz CT molecular complexity index is 629. The lowest BCUT2D eigenvalue weighted by molar-refractivity contribution is 0.0695. The minimum absolute atomic E-state index is 0.0765. The van der Waals surface area contributed by atoms with E-state index < -0.39 is 23.4 Å². The Morgan fingerprint density at radius 1 is 1.32 bits per heavy atom. The van der Waals surface area contributed by atoms with Gasteiger partial charge in [-0.3, -0.25) is 0 Å². The van der Waals surface area contributed by atoms with Gasteiger partial charge in [-0.05, 0) is 12.1 Å². The highest BCUT2D eigenvalue weighted by molar-refractivity contribution is 5.95. The van der Waals surface area contributed by atoms with Gasteiger partial charge < -0.3 is 9.63 Å². The minimum Gasteiger partial charge on any atom is -0.477 e. The minimum atomic E-state index is -1.63. The van der Waals surface area contributed by atoms with E-state index in [4.69, 9.17) is 9.63 Å². The van der Waals surface area contributed by atoms with Crippen LogP contribution in [0.1, 0.15) is 23.0 Å². The first-order valence-electron chi connectivity index (χ1n) is 5.32. The first-order valence-corrected chi connectivity index (χ1v) is 5.32. The van der Waals surface area contributed by atoms with Gasteiger partial charge in [-0.25, -0.2) is 18.0 Å². The molecule has 1 N–H and O–H groups in total. The highest BCUT2D eigenvalue weighted by Crippen LogP contribution is 2.28. The summed E-state index contributed by atoms with van der Waals surface area (Å²) in [6.07, 6.45) is 0.251. The third-order valence-corrected chi connectivity index (χ3v) is 2.55. The van der Waals surface area contributed by atoms with Crippen molar-refractivity contribution in [3.05, 3.63) is 40.9 Å². The molecule has 4 nitrogen and oxygen atoms in total. The van der Waals surface area contributed by atoms with E-state index >= 15 is 0 Å². The normalized spacial score (nSPS) is 10.7. The Morgan fingerprint density at radius 3 is 2.37 bits per heavy atom. The first kappa shape index (κ1) is 13.1. The topological polar surface area (TPSA) is 63.3 Å². The van der Waals surface area contributed by atoms with E-state index in [1.54, 1.807) is 6.92 Å². The molecule has 1 heterocycles. The largest absolute Gasteiger partial charge is 0.477 e. The van der Waals surface area contributed by atoms with E-state index in [0.717, 1.165) is 0 Å². The quantitative estimate of drug-likeness (QED) is 0.871. The molecule has 0 fully saturated rings. The van der Waals surface area contributed by atoms with Crippen LogP contribution >= 0.6 is 0 Å². The van der Waals surface area contributed by atoms with Gasteiger partial charge in [0.05, 0.1) is 0 Å². The van der Waals surface area contributed by atoms with Gasteiger partial charge in [-0.15, -0.1) is 0 Å². The zero-order valence-corrected chi connectivity index (χ0v) is 9.71. The van der Waals surface area contributed by atoms with Crippen molar-refractivity contribution in [2.45, 2.75) is 13.3 Å². The average molecular weight is 271 g/mol. The molecular weight excluding hydrogens is 263 g/mol. The Balaban J connectivity index is 2.66. The fourth-order valence-electron chi connectivity index (χ4n) is 1.68. The van der Waals surface area contributed by atoms with Gasteiger partial charge in [0.25, 0.3) is 0 Å². The zero-order chi connectivity index (χ0) is 14.2. The van der Waals surface area contributed by atoms with Crippen molar-refractivity contribution in [2.75, 3.05) is 0 Å². The van der Waals surface area contributed by atoms with Crippen LogP contribution in [0, 0.1) is 17.5 Å². The fourth-order valence-corrected chi connectivity index (χ4v) is 1.68. The number of aromatic carboxylic acids is 1. The second-order valence-electron chi connectivity index (χ2n) is 3.74. The van der Waals surface area contributed by atoms with E-state index in [9.17, 15) is 18.0 Å². The molecule has 0 aliphatic heterocycles. The molecule has 0 spiro atoms. The van der Waals surface area contributed by atoms with Gasteiger partial charge in [0.2, 0.25) is 0 Å². The highest BCUT2D eigenvalue weighted by atomic mass is 19.2. The van der Waals surface area contributed by atoms with Gasteiger partial charge in [0.1, 0.15) is 11.3 Å². The van der Waals surface area contributed by atoms with Gasteiger partial charge in [-0.2, -0.15) is 0 Å². The van der Waals surface area contributed by atoms with Crippen LogP contribution in [-0.2, 0) is 6.42 Å². The molecule has 0 aliphatic carbocycles. The number of carboxylic acids is 1. The Kier molecular flexibility index (Phi) is 3.28. The van der Waals surface area contributed by atoms with Crippen LogP contribution < -0.4 is 0 Å². The smallest absolute Gasteiger partial charge is 0.341 e. The number of nitrogens with zero attached hydrogens (tertiary/aromatic N) is 1. The van der Waals surface area contributed by atoms with Crippen LogP contribution in [0.5, 0.6) is 0 Å². The summed E-state index contributed by atoms with van der Waals surface area (Å²) in [6, 6.07) is 1.34. The standard InChI is InChI=1S/C12H8F3NO3/c1-2-8-9(12(17)18)11(16-19-8)5-3-6(13)10(15)7(14)4-5/h3-4H,2H2,1H3,(H,17,18). The molecule has 2 aromatic rings. The molecular formula is C12H8F3NO3. The number of rotatable bonds is 3. The summed E-state index contributed by atoms with van der Waals surface area (Å²) >= 11 is 0. The molecule has 2 rings (SSSR count). The number of aryl methyl sites for hydroxylation is 1. The van der Waals surface area contributed by atoms with Crippen molar-refractivity contribution in [1.82, 2.24) is 5.16 Å². The Morgan fingerprint density at radius 2 is 1.89 bits per heavy atom. The SMILES string of the molecule is CCc1onc(-c2cc(F)c(F)c(F)c2)c1C(=O)O. The van der Waals surface area contributed by atoms with Crippen LogP contribution in [0.25, 0.3) is 11.3 Å². The van der Waals surface area contributed by atoms with Gasteiger partial charge in [-0.1, -0.05) is 12.1 Å². The van der Waals surface area contributed by atoms with E-state index in [2.05, 4.69) is 5.16 Å². The van der Waals surface area contributed by atoms with Crippen molar-refractivity contribution in [3.8, 4) is 11.3 Å². The molecule has 0 unspecified atom stereocenters. The maximum atomic E-state index is 13.1. The molecule has 0 amide bonds. The number of halogens is 3. The fraction of sp³-hybridized carbons (Fsp3) is 0.167. The lowest BCUT2D eigenvalue weighted by Gasteiger charge is -2.01. The van der Waals surface area contributed by atoms with E-state index in [0.29, 0.717) is 12.1 Å². The Hall–Kier alpha value is -2.31. The summed E-state index contributed by atoms with van der Waals surface area (Å²) in [4.78, 5) is 11.1. The number of aromatic nitrogens is 1. The van der Waals surface area contributed by atoms with Gasteiger partial charge in [0, 0.05) is 12.0 Å². The maximum Gasteiger partial charge on any atom is 0.341 e. The number of benzene rings is 1. The lowest BCUT2D eigenvalue weighted by Crippen LogP contribution is -2.02. The summed E-state index contributed by atoms with van der Waals surface area (Å²) in [5.41, 5.74) is -0.715. The number of hydrogen-bond acceptors (Lipinski definition) is 3. The van der Waals surface area contributed by atoms with Crippen LogP contribution in [-0.4, -0.2) is 16.2 Å². The number of hydrogen-bond donors (Lipinski definition) is 1. The average Bonchev–Trinajstić information content (AvgIpc) is 2.79. The van der Waals surface area contributed by atoms with Crippen molar-refractivity contribution in [2.24, 2.45) is 0 Å². The predicted molar refractivity (Wildman–Crippen MR) is 58.2 cm³/mol. The van der Waals surface area contributed by atoms with Gasteiger partial charge >= 0.3 is 5.97 Å². The van der Waals surface area contributed by atoms with Crippen LogP contribution in [0.3, 0.4) is 0 Å². The molecule has 0 saturated heterocycles. The Labute approximate surface area is 105 Å². The van der Waals surface area contributed by atoms with Crippen molar-refractivity contribution < 1.29 is 27.6 Å². The summed E-state index contributed by atoms with van der Waals surface area (Å²) in [7, 11) is 0. The maximum absolute atomic E-state index is 13.1. The van der Waals surface area contributed by atoms with Gasteiger partial charge in [0.15, 0.2) is 23.2 Å². The summed E-state index contributed by atoms with van der Waals surface area (Å²) in [5.74, 6) is -5.73. The zero-order valence-electron chi connectivity index (χ0n) is 9.71. The molecule has 19 heavy (non-hydrogen) atoms. The molecule has 1 aromatic heterocycles. The number of carbonyl (C=O) groups is 1. The van der Waals surface area contributed by atoms with Crippen LogP contribution in [0.15, 0.2) is 16.7 Å². The van der Waals surface area contributed by atoms with Crippen molar-refractivity contribution in [1.29, 1.82) is 0 Å². The molecule has 0 saturated carbocycles. The molecule has 100 valence electrons. The van der Waals surface area contributed by atoms with Crippen molar-refractivity contribution in [3.63, 3.8) is 0 Å². The second kappa shape index (κ2) is 4.75. The van der Waals surface area contributed by atoms with Crippen LogP contribution in [0.4, 0.5) is 13.2 Å². The van der Waals surface area contributed by atoms with Crippen LogP contribution in [0.2, 0.25) is 0 Å². The summed E-state index contributed by atoms with van der Waals surface area (Å²) in [6.45, 7) is 1.64. The van der Waals surface area contributed by atoms with E-state index in [1.165, 1.54) is 0 Å². The molecule has 0 radical (unpaired) electrons. The second-order valence-corrected chi connectivity index (χ2v) is 3.74. The number of carboxylic acid groups (broad SMARTS) is 1. The predicted octanol–water partition coefficient (Wildman–Crippen LogP) is 3.02. The third kappa shape index (κ3) is 2.18. The lowest BCUT2D eigenvalue weighted by atomic mass is 10.0. The monoisotopic (exact) mass is 271 g/mol. The summed E-state index contributed by atoms with van der Waals surface area (Å²) < 4.78 is 43.9. The van der Waals surface area contributed by atoms with E-state index in [1.807, 2.05) is 0 Å². The van der Waals surface area contributed by atoms with Crippen molar-refractivity contribution >= 4 is 5.97 Å². The highest BCUT2D eigenvalue weighted by Gasteiger charge is 2.24. The van der Waals surface area contributed by atoms with E-state index in [-0.39, 0.29) is 29.0 Å².